The van der Waals surface area contributed by atoms with Gasteiger partial charge < -0.3 is 24.8 Å². The lowest BCUT2D eigenvalue weighted by Gasteiger charge is -2.27. The molecule has 0 aromatic heterocycles. The van der Waals surface area contributed by atoms with Crippen LogP contribution in [-0.2, 0) is 14.3 Å². The summed E-state index contributed by atoms with van der Waals surface area (Å²) in [6.45, 7) is 0.775. The Morgan fingerprint density at radius 1 is 1.40 bits per heavy atom. The largest absolute Gasteiger partial charge is 0.388 e. The number of ketones is 1. The molecule has 0 unspecified atom stereocenters. The molecule has 6 nitrogen and oxygen atoms in total. The second-order valence-electron chi connectivity index (χ2n) is 3.12. The van der Waals surface area contributed by atoms with Crippen molar-refractivity contribution < 1.29 is 32.3 Å². The lowest BCUT2D eigenvalue weighted by molar-refractivity contribution is -0.151. The van der Waals surface area contributed by atoms with Gasteiger partial charge in [-0.05, 0) is 6.92 Å². The van der Waals surface area contributed by atoms with Crippen LogP contribution in [0.4, 0.5) is 0 Å². The number of hydrogen-bond acceptors (Lipinski definition) is 6. The van der Waals surface area contributed by atoms with Gasteiger partial charge >= 0.3 is 0 Å². The number of Topliss-reactive ketones (excluding diaryl/α,β-unsaturated/α-hetero) is 1. The summed E-state index contributed by atoms with van der Waals surface area (Å²) >= 11 is 0. The smallest absolute Gasteiger partial charge is 0.160 e. The number of carbonyl (C=O) groups excluding carboxylic acids is 1. The van der Waals surface area contributed by atoms with Crippen LogP contribution in [0.3, 0.4) is 0 Å². The SMILES string of the molecule is [2H]COC[C@@H](O)[C@@H](O)[C@H](OC[2H])[C@@H](O)C(C)=O. The molecule has 0 amide bonds. The van der Waals surface area contributed by atoms with E-state index >= 15 is 0 Å². The summed E-state index contributed by atoms with van der Waals surface area (Å²) < 4.78 is 22.8. The number of aliphatic hydroxyl groups is 3. The number of rotatable bonds is 7. The molecule has 90 valence electrons. The van der Waals surface area contributed by atoms with Crippen molar-refractivity contribution in [3.63, 3.8) is 0 Å². The summed E-state index contributed by atoms with van der Waals surface area (Å²) in [6.07, 6.45) is -6.01. The van der Waals surface area contributed by atoms with Crippen molar-refractivity contribution >= 4 is 5.78 Å². The van der Waals surface area contributed by atoms with Gasteiger partial charge in [-0.2, -0.15) is 0 Å². The van der Waals surface area contributed by atoms with E-state index in [0.29, 0.717) is 0 Å². The minimum atomic E-state index is -1.62. The maximum absolute atomic E-state index is 11.0. The van der Waals surface area contributed by atoms with Crippen LogP contribution in [0, 0.1) is 0 Å². The van der Waals surface area contributed by atoms with Crippen LogP contribution in [0.2, 0.25) is 0 Å². The number of aliphatic hydroxyl groups excluding tert-OH is 3. The predicted octanol–water partition coefficient (Wildman–Crippen LogP) is -1.68. The summed E-state index contributed by atoms with van der Waals surface area (Å²) in [5.74, 6) is -0.642. The third-order valence-electron chi connectivity index (χ3n) is 1.94. The van der Waals surface area contributed by atoms with Crippen LogP contribution in [-0.4, -0.2) is 66.3 Å². The summed E-state index contributed by atoms with van der Waals surface area (Å²) in [7, 11) is -0.957. The van der Waals surface area contributed by atoms with Gasteiger partial charge in [-0.3, -0.25) is 4.79 Å². The van der Waals surface area contributed by atoms with Crippen molar-refractivity contribution in [2.45, 2.75) is 31.3 Å². The molecule has 0 aromatic rings. The first kappa shape index (κ1) is 11.0. The Morgan fingerprint density at radius 2 is 2.07 bits per heavy atom. The molecule has 0 saturated heterocycles. The van der Waals surface area contributed by atoms with Crippen LogP contribution < -0.4 is 0 Å². The van der Waals surface area contributed by atoms with Crippen LogP contribution in [0.5, 0.6) is 0 Å². The first-order valence-corrected chi connectivity index (χ1v) is 4.28. The molecule has 0 radical (unpaired) electrons. The molecule has 0 spiro atoms. The Hall–Kier alpha value is -0.530. The Kier molecular flexibility index (Phi) is 5.02. The maximum Gasteiger partial charge on any atom is 0.160 e. The monoisotopic (exact) mass is 224 g/mol. The van der Waals surface area contributed by atoms with Gasteiger partial charge in [0.15, 0.2) is 5.78 Å². The second kappa shape index (κ2) is 6.86. The average molecular weight is 224 g/mol. The highest BCUT2D eigenvalue weighted by atomic mass is 16.5. The van der Waals surface area contributed by atoms with Crippen LogP contribution in [0.15, 0.2) is 0 Å². The predicted molar refractivity (Wildman–Crippen MR) is 51.4 cm³/mol. The molecule has 6 heteroatoms. The zero-order valence-corrected chi connectivity index (χ0v) is 8.50. The highest BCUT2D eigenvalue weighted by Gasteiger charge is 2.34. The van der Waals surface area contributed by atoms with E-state index in [0.717, 1.165) is 6.92 Å². The molecular weight excluding hydrogens is 204 g/mol. The van der Waals surface area contributed by atoms with Crippen molar-refractivity contribution in [1.82, 2.24) is 0 Å². The molecule has 0 aliphatic carbocycles. The first-order chi connectivity index (χ1) is 7.95. The summed E-state index contributed by atoms with van der Waals surface area (Å²) in [6, 6.07) is 0. The third-order valence-corrected chi connectivity index (χ3v) is 1.94. The Balaban J connectivity index is 4.51. The fraction of sp³-hybridized carbons (Fsp3) is 0.889. The van der Waals surface area contributed by atoms with E-state index in [-0.39, 0.29) is 13.7 Å². The topological polar surface area (TPSA) is 96.2 Å². The van der Waals surface area contributed by atoms with Gasteiger partial charge in [-0.25, -0.2) is 0 Å². The van der Waals surface area contributed by atoms with E-state index in [1.54, 1.807) is 0 Å². The van der Waals surface area contributed by atoms with Crippen molar-refractivity contribution in [3.05, 3.63) is 0 Å². The molecule has 0 aromatic carbocycles. The maximum atomic E-state index is 11.0. The highest BCUT2D eigenvalue weighted by Crippen LogP contribution is 2.09. The fourth-order valence-corrected chi connectivity index (χ4v) is 1.05. The molecule has 0 heterocycles. The van der Waals surface area contributed by atoms with Crippen molar-refractivity contribution in [2.24, 2.45) is 0 Å². The summed E-state index contributed by atoms with van der Waals surface area (Å²) in [5.41, 5.74) is 0. The van der Waals surface area contributed by atoms with Gasteiger partial charge in [-0.15, -0.1) is 0 Å². The summed E-state index contributed by atoms with van der Waals surface area (Å²) in [5, 5.41) is 28.6. The van der Waals surface area contributed by atoms with Crippen molar-refractivity contribution in [2.75, 3.05) is 20.8 Å². The van der Waals surface area contributed by atoms with Gasteiger partial charge in [0, 0.05) is 14.2 Å². The molecule has 0 rings (SSSR count). The fourth-order valence-electron chi connectivity index (χ4n) is 1.05. The lowest BCUT2D eigenvalue weighted by Crippen LogP contribution is -2.49. The minimum absolute atomic E-state index is 0.326. The molecule has 4 atom stereocenters. The number of methoxy groups -OCH3 is 2. The number of carbonyl (C=O) groups is 1. The van der Waals surface area contributed by atoms with E-state index in [4.69, 9.17) is 7.48 Å². The van der Waals surface area contributed by atoms with Gasteiger partial charge in [-0.1, -0.05) is 0 Å². The van der Waals surface area contributed by atoms with E-state index in [1.807, 2.05) is 0 Å². The van der Waals surface area contributed by atoms with E-state index in [9.17, 15) is 20.1 Å². The highest BCUT2D eigenvalue weighted by molar-refractivity contribution is 5.80. The standard InChI is InChI=1S/C9H18O6/c1-5(10)7(12)9(15-3)8(13)6(11)4-14-2/h6-9,11-13H,4H2,1-3H3/t6-,7+,8-,9-/m1/s1/i2D,3D. The zero-order valence-electron chi connectivity index (χ0n) is 10.5. The van der Waals surface area contributed by atoms with Gasteiger partial charge in [0.1, 0.15) is 24.4 Å². The van der Waals surface area contributed by atoms with Crippen molar-refractivity contribution in [1.29, 1.82) is 0 Å². The molecule has 0 saturated carbocycles. The van der Waals surface area contributed by atoms with E-state index in [2.05, 4.69) is 4.74 Å². The van der Waals surface area contributed by atoms with Crippen LogP contribution in [0.1, 0.15) is 9.67 Å². The molecule has 0 aliphatic rings. The third kappa shape index (κ3) is 4.23. The lowest BCUT2D eigenvalue weighted by atomic mass is 10.0. The summed E-state index contributed by atoms with van der Waals surface area (Å²) in [4.78, 5) is 11.0. The van der Waals surface area contributed by atoms with Crippen LogP contribution in [0.25, 0.3) is 0 Å². The Labute approximate surface area is 91.2 Å². The van der Waals surface area contributed by atoms with Gasteiger partial charge in [0.05, 0.1) is 9.35 Å². The zero-order chi connectivity index (χ0) is 13.4. The normalized spacial score (nSPS) is 21.1. The van der Waals surface area contributed by atoms with E-state index < -0.39 is 37.3 Å². The number of ether oxygens (including phenoxy) is 2. The quantitative estimate of drug-likeness (QED) is 0.478. The molecular formula is C9H18O6. The molecule has 0 fully saturated rings. The minimum Gasteiger partial charge on any atom is -0.388 e. The van der Waals surface area contributed by atoms with Gasteiger partial charge in [0.2, 0.25) is 0 Å². The van der Waals surface area contributed by atoms with Gasteiger partial charge in [0.25, 0.3) is 0 Å². The average Bonchev–Trinajstić information content (AvgIpc) is 2.31. The molecule has 0 bridgehead atoms. The molecule has 3 N–H and O–H groups in total. The Morgan fingerprint density at radius 3 is 2.53 bits per heavy atom. The Bertz CT molecular complexity index is 228. The molecule has 15 heavy (non-hydrogen) atoms. The number of hydrogen-bond donors (Lipinski definition) is 3. The second-order valence-corrected chi connectivity index (χ2v) is 3.12. The van der Waals surface area contributed by atoms with Crippen LogP contribution >= 0.6 is 0 Å². The van der Waals surface area contributed by atoms with E-state index in [1.165, 1.54) is 0 Å². The first-order valence-electron chi connectivity index (χ1n) is 5.69. The van der Waals surface area contributed by atoms with Crippen molar-refractivity contribution in [3.8, 4) is 0 Å². The molecule has 0 aliphatic heterocycles.